The van der Waals surface area contributed by atoms with Gasteiger partial charge in [-0.15, -0.1) is 0 Å². The van der Waals surface area contributed by atoms with Crippen LogP contribution in [-0.2, 0) is 54.2 Å². The number of carbonyl (C=O) groups is 5. The largest absolute Gasteiger partial charge is 0.469 e. The molecule has 0 amide bonds. The van der Waals surface area contributed by atoms with Crippen molar-refractivity contribution in [3.05, 3.63) is 33.9 Å². The molecule has 1 fully saturated rings. The minimum Gasteiger partial charge on any atom is -0.469 e. The number of methoxy groups -OCH3 is 1. The average molecular weight is 562 g/mol. The lowest BCUT2D eigenvalue weighted by atomic mass is 9.95. The molecule has 16 heteroatoms. The van der Waals surface area contributed by atoms with Crippen LogP contribution in [0.1, 0.15) is 32.8 Å². The number of benzene rings is 1. The Morgan fingerprint density at radius 2 is 1.55 bits per heavy atom. The Labute approximate surface area is 220 Å². The minimum absolute atomic E-state index is 0.190. The van der Waals surface area contributed by atoms with E-state index < -0.39 is 77.0 Å². The Balaban J connectivity index is 2.54. The molecule has 1 aliphatic rings. The third kappa shape index (κ3) is 8.55. The van der Waals surface area contributed by atoms with Crippen LogP contribution in [0.2, 0.25) is 0 Å². The Morgan fingerprint density at radius 1 is 0.974 bits per heavy atom. The summed E-state index contributed by atoms with van der Waals surface area (Å²) >= 11 is 5.12. The monoisotopic (exact) mass is 561 g/mol. The Morgan fingerprint density at radius 3 is 2.08 bits per heavy atom. The lowest BCUT2D eigenvalue weighted by Crippen LogP contribution is -2.63. The van der Waals surface area contributed by atoms with Gasteiger partial charge in [0.05, 0.1) is 18.5 Å². The summed E-state index contributed by atoms with van der Waals surface area (Å²) in [6, 6.07) is 3.51. The van der Waals surface area contributed by atoms with E-state index in [1.165, 1.54) is 6.07 Å². The maximum Gasteiger partial charge on any atom is 0.404 e. The summed E-state index contributed by atoms with van der Waals surface area (Å²) in [5.41, 5.74) is -1.53. The van der Waals surface area contributed by atoms with Crippen molar-refractivity contribution in [2.24, 2.45) is 0 Å². The first kappa shape index (κ1) is 30.2. The van der Waals surface area contributed by atoms with Crippen LogP contribution in [0.5, 0.6) is 5.75 Å². The zero-order chi connectivity index (χ0) is 28.6. The fourth-order valence-corrected chi connectivity index (χ4v) is 3.58. The molecule has 0 radical (unpaired) electrons. The van der Waals surface area contributed by atoms with E-state index in [0.717, 1.165) is 40.0 Å². The molecule has 15 nitrogen and oxygen atoms in total. The first-order chi connectivity index (χ1) is 17.8. The summed E-state index contributed by atoms with van der Waals surface area (Å²) in [5.74, 6) is -3.78. The number of carbonyl (C=O) groups excluding carboxylic acids is 5. The van der Waals surface area contributed by atoms with Crippen molar-refractivity contribution in [1.29, 1.82) is 0 Å². The lowest BCUT2D eigenvalue weighted by Gasteiger charge is -2.43. The van der Waals surface area contributed by atoms with E-state index in [2.05, 4.69) is 9.47 Å². The van der Waals surface area contributed by atoms with E-state index in [4.69, 9.17) is 35.3 Å². The maximum absolute atomic E-state index is 12.0. The molecule has 0 aromatic heterocycles. The molecule has 1 saturated heterocycles. The van der Waals surface area contributed by atoms with Crippen molar-refractivity contribution in [2.75, 3.05) is 7.11 Å². The van der Waals surface area contributed by atoms with Crippen molar-refractivity contribution < 1.29 is 62.1 Å². The molecule has 1 aliphatic heterocycles. The number of hydrogen-bond acceptors (Lipinski definition) is 14. The van der Waals surface area contributed by atoms with Gasteiger partial charge in [-0.1, -0.05) is 6.07 Å². The number of rotatable bonds is 10. The highest BCUT2D eigenvalue weighted by Crippen LogP contribution is 2.35. The fourth-order valence-electron chi connectivity index (χ4n) is 3.52. The van der Waals surface area contributed by atoms with E-state index in [1.807, 2.05) is 0 Å². The zero-order valence-corrected chi connectivity index (χ0v) is 21.3. The van der Waals surface area contributed by atoms with Crippen LogP contribution in [0.4, 0.5) is 10.5 Å². The minimum atomic E-state index is -1.70. The number of esters is 4. The number of nitro benzene ring substituents is 1. The number of nitrogens with zero attached hydrogens (tertiary/aromatic N) is 1. The third-order valence-corrected chi connectivity index (χ3v) is 5.02. The molecular weight excluding hydrogens is 538 g/mol. The van der Waals surface area contributed by atoms with E-state index in [0.29, 0.717) is 0 Å². The van der Waals surface area contributed by atoms with E-state index in [9.17, 15) is 34.1 Å². The van der Waals surface area contributed by atoms with Crippen molar-refractivity contribution in [1.82, 2.24) is 0 Å². The second-order valence-electron chi connectivity index (χ2n) is 7.75. The smallest absolute Gasteiger partial charge is 0.404 e. The molecule has 1 aromatic carbocycles. The Bertz CT molecular complexity index is 1090. The second kappa shape index (κ2) is 13.5. The quantitative estimate of drug-likeness (QED) is 0.132. The molecular formula is C22H24ClNO14. The first-order valence-corrected chi connectivity index (χ1v) is 11.2. The van der Waals surface area contributed by atoms with Crippen molar-refractivity contribution in [3.63, 3.8) is 0 Å². The van der Waals surface area contributed by atoms with Gasteiger partial charge in [0.25, 0.3) is 0 Å². The van der Waals surface area contributed by atoms with Gasteiger partial charge in [-0.3, -0.25) is 29.3 Å². The van der Waals surface area contributed by atoms with E-state index >= 15 is 0 Å². The summed E-state index contributed by atoms with van der Waals surface area (Å²) in [5, 5.41) is 11.7. The van der Waals surface area contributed by atoms with Gasteiger partial charge >= 0.3 is 35.0 Å². The van der Waals surface area contributed by atoms with Gasteiger partial charge in [0.1, 0.15) is 12.7 Å². The van der Waals surface area contributed by atoms with Crippen LogP contribution in [-0.4, -0.2) is 72.0 Å². The van der Waals surface area contributed by atoms with Gasteiger partial charge in [-0.05, 0) is 11.6 Å². The zero-order valence-electron chi connectivity index (χ0n) is 20.6. The number of hydrogen-bond donors (Lipinski definition) is 0. The molecule has 0 unspecified atom stereocenters. The first-order valence-electron chi connectivity index (χ1n) is 10.8. The predicted molar refractivity (Wildman–Crippen MR) is 122 cm³/mol. The summed E-state index contributed by atoms with van der Waals surface area (Å²) < 4.78 is 36.5. The summed E-state index contributed by atoms with van der Waals surface area (Å²) in [6.45, 7) is 2.74. The third-order valence-electron chi connectivity index (χ3n) is 4.91. The van der Waals surface area contributed by atoms with Crippen LogP contribution >= 0.6 is 11.6 Å². The fraction of sp³-hybridized carbons (Fsp3) is 0.500. The van der Waals surface area contributed by atoms with Crippen LogP contribution in [0.25, 0.3) is 0 Å². The van der Waals surface area contributed by atoms with E-state index in [-0.39, 0.29) is 17.9 Å². The summed E-state index contributed by atoms with van der Waals surface area (Å²) in [4.78, 5) is 69.4. The van der Waals surface area contributed by atoms with Gasteiger partial charge in [0.15, 0.2) is 18.0 Å². The Kier molecular flexibility index (Phi) is 10.8. The molecule has 0 N–H and O–H groups in total. The molecule has 0 saturated carbocycles. The second-order valence-corrected chi connectivity index (χ2v) is 8.06. The van der Waals surface area contributed by atoms with Crippen LogP contribution in [0.3, 0.4) is 0 Å². The number of halogens is 1. The average Bonchev–Trinajstić information content (AvgIpc) is 2.81. The van der Waals surface area contributed by atoms with Crippen LogP contribution < -0.4 is 4.74 Å². The SMILES string of the molecule is COC(=O)C[C@H]1O[C@@H](Oc2ccc(COC(=O)Cl)cc2[N+](=O)[O-])[C@H](OC(C)=O)[C@@H](OC(C)=O)[C@H]1OC(C)=O. The molecule has 0 aliphatic carbocycles. The maximum atomic E-state index is 12.0. The number of nitro groups is 1. The van der Waals surface area contributed by atoms with Gasteiger partial charge in [-0.2, -0.15) is 0 Å². The highest BCUT2D eigenvalue weighted by molar-refractivity contribution is 6.61. The summed E-state index contributed by atoms with van der Waals surface area (Å²) in [6.07, 6.45) is -8.18. The van der Waals surface area contributed by atoms with Crippen molar-refractivity contribution in [3.8, 4) is 5.75 Å². The van der Waals surface area contributed by atoms with Crippen LogP contribution in [0, 0.1) is 10.1 Å². The van der Waals surface area contributed by atoms with Gasteiger partial charge in [-0.25, -0.2) is 4.79 Å². The lowest BCUT2D eigenvalue weighted by molar-refractivity contribution is -0.387. The highest BCUT2D eigenvalue weighted by atomic mass is 35.5. The summed E-state index contributed by atoms with van der Waals surface area (Å²) in [7, 11) is 1.09. The van der Waals surface area contributed by atoms with Gasteiger partial charge in [0.2, 0.25) is 12.4 Å². The standard InChI is InChI=1S/C22H24ClNO14/c1-10(25)34-18-16(8-17(28)32-4)38-21(20(36-12(3)27)19(18)35-11(2)26)37-15-6-5-13(9-33-22(23)29)7-14(15)24(30)31/h5-7,16,18-21H,8-9H2,1-4H3/t16-,18+,19+,20-,21-/m1/s1. The predicted octanol–water partition coefficient (Wildman–Crippen LogP) is 1.93. The highest BCUT2D eigenvalue weighted by Gasteiger charge is 2.53. The molecule has 5 atom stereocenters. The molecule has 1 heterocycles. The molecule has 1 aromatic rings. The molecule has 0 spiro atoms. The van der Waals surface area contributed by atoms with Crippen LogP contribution in [0.15, 0.2) is 18.2 Å². The van der Waals surface area contributed by atoms with E-state index in [1.54, 1.807) is 0 Å². The number of ether oxygens (including phenoxy) is 7. The molecule has 208 valence electrons. The molecule has 2 rings (SSSR count). The van der Waals surface area contributed by atoms with Gasteiger partial charge < -0.3 is 33.2 Å². The topological polar surface area (TPSA) is 193 Å². The molecule has 0 bridgehead atoms. The Hall–Kier alpha value is -3.98. The van der Waals surface area contributed by atoms with Gasteiger partial charge in [0, 0.05) is 38.4 Å². The van der Waals surface area contributed by atoms with Crippen molar-refractivity contribution in [2.45, 2.75) is 64.5 Å². The normalized spacial score (nSPS) is 22.4. The van der Waals surface area contributed by atoms with Crippen molar-refractivity contribution >= 4 is 46.6 Å². The molecule has 38 heavy (non-hydrogen) atoms.